The molecule has 4 aromatic rings. The van der Waals surface area contributed by atoms with Gasteiger partial charge in [-0.25, -0.2) is 4.98 Å². The van der Waals surface area contributed by atoms with Gasteiger partial charge >= 0.3 is 0 Å². The zero-order chi connectivity index (χ0) is 24.1. The molecule has 0 aliphatic rings. The molecular formula is C25H22Cl2N4O3. The number of nitrogens with one attached hydrogen (secondary N) is 1. The normalized spacial score (nSPS) is 10.9. The average Bonchev–Trinajstić information content (AvgIpc) is 2.81. The van der Waals surface area contributed by atoms with E-state index in [0.29, 0.717) is 51.9 Å². The number of unbranched alkanes of at least 4 members (excludes halogenated alkanes) is 1. The summed E-state index contributed by atoms with van der Waals surface area (Å²) in [4.78, 5) is 39.5. The Balaban J connectivity index is 1.78. The third kappa shape index (κ3) is 5.38. The summed E-state index contributed by atoms with van der Waals surface area (Å²) in [5.41, 5.74) is 1.35. The summed E-state index contributed by atoms with van der Waals surface area (Å²) in [5, 5.41) is 4.39. The highest BCUT2D eigenvalue weighted by Crippen LogP contribution is 2.33. The monoisotopic (exact) mass is 496 g/mol. The van der Waals surface area contributed by atoms with E-state index in [1.54, 1.807) is 37.4 Å². The van der Waals surface area contributed by atoms with E-state index < -0.39 is 5.56 Å². The van der Waals surface area contributed by atoms with Gasteiger partial charge < -0.3 is 14.9 Å². The van der Waals surface area contributed by atoms with E-state index in [-0.39, 0.29) is 18.0 Å². The number of carbonyl (C=O) groups is 1. The van der Waals surface area contributed by atoms with Gasteiger partial charge in [-0.2, -0.15) is 4.98 Å². The highest BCUT2D eigenvalue weighted by atomic mass is 35.5. The number of nitrogens with zero attached hydrogens (tertiary/aromatic N) is 3. The number of ketones is 1. The van der Waals surface area contributed by atoms with Crippen LogP contribution in [0.1, 0.15) is 26.2 Å². The van der Waals surface area contributed by atoms with Crippen LogP contribution in [0.2, 0.25) is 10.0 Å². The Morgan fingerprint density at radius 1 is 1.06 bits per heavy atom. The van der Waals surface area contributed by atoms with Gasteiger partial charge in [-0.15, -0.1) is 4.73 Å². The van der Waals surface area contributed by atoms with Crippen molar-refractivity contribution in [2.45, 2.75) is 26.2 Å². The van der Waals surface area contributed by atoms with Crippen molar-refractivity contribution >= 4 is 51.7 Å². The van der Waals surface area contributed by atoms with Crippen LogP contribution in [0.5, 0.6) is 0 Å². The first kappa shape index (κ1) is 23.7. The number of hydrogen-bond donors (Lipinski definition) is 1. The van der Waals surface area contributed by atoms with Crippen LogP contribution < -0.4 is 15.7 Å². The Morgan fingerprint density at radius 2 is 1.79 bits per heavy atom. The Hall–Kier alpha value is -3.42. The molecule has 1 N–H and O–H groups in total. The number of fused-ring (bicyclic) bond motifs is 1. The van der Waals surface area contributed by atoms with Gasteiger partial charge in [-0.1, -0.05) is 47.5 Å². The van der Waals surface area contributed by atoms with E-state index >= 15 is 0 Å². The minimum Gasteiger partial charge on any atom is -0.409 e. The van der Waals surface area contributed by atoms with E-state index in [9.17, 15) is 9.59 Å². The SMILES string of the molecule is CC(=O)CCCCOn1c(=O)c(-c2c(Cl)cccc2Cl)cc2cnc(Nc3ccccc3)nc21. The van der Waals surface area contributed by atoms with Gasteiger partial charge in [-0.05, 0) is 50.1 Å². The largest absolute Gasteiger partial charge is 0.409 e. The number of anilines is 2. The van der Waals surface area contributed by atoms with Gasteiger partial charge in [0.25, 0.3) is 5.56 Å². The molecule has 0 aliphatic carbocycles. The third-order valence-corrected chi connectivity index (χ3v) is 5.74. The van der Waals surface area contributed by atoms with Crippen LogP contribution in [-0.4, -0.2) is 27.1 Å². The van der Waals surface area contributed by atoms with Crippen molar-refractivity contribution in [2.75, 3.05) is 11.9 Å². The second-order valence-electron chi connectivity index (χ2n) is 7.71. The molecule has 0 atom stereocenters. The second-order valence-corrected chi connectivity index (χ2v) is 8.52. The lowest BCUT2D eigenvalue weighted by atomic mass is 10.1. The highest BCUT2D eigenvalue weighted by molar-refractivity contribution is 6.39. The van der Waals surface area contributed by atoms with Crippen molar-refractivity contribution < 1.29 is 9.63 Å². The van der Waals surface area contributed by atoms with Crippen molar-refractivity contribution in [2.24, 2.45) is 0 Å². The third-order valence-electron chi connectivity index (χ3n) is 5.11. The Kier molecular flexibility index (Phi) is 7.45. The summed E-state index contributed by atoms with van der Waals surface area (Å²) in [6, 6.07) is 16.2. The number of hydrogen-bond acceptors (Lipinski definition) is 6. The summed E-state index contributed by atoms with van der Waals surface area (Å²) >= 11 is 12.8. The first-order valence-electron chi connectivity index (χ1n) is 10.8. The number of halogens is 2. The van der Waals surface area contributed by atoms with E-state index in [1.807, 2.05) is 30.3 Å². The van der Waals surface area contributed by atoms with E-state index in [1.165, 1.54) is 0 Å². The fraction of sp³-hybridized carbons (Fsp3) is 0.200. The van der Waals surface area contributed by atoms with E-state index in [4.69, 9.17) is 28.0 Å². The summed E-state index contributed by atoms with van der Waals surface area (Å²) < 4.78 is 1.15. The van der Waals surface area contributed by atoms with Gasteiger partial charge in [0.05, 0.1) is 15.6 Å². The number of aromatic nitrogens is 3. The summed E-state index contributed by atoms with van der Waals surface area (Å²) in [7, 11) is 0. The smallest absolute Gasteiger partial charge is 0.293 e. The Bertz CT molecular complexity index is 1370. The number of benzene rings is 2. The van der Waals surface area contributed by atoms with Crippen molar-refractivity contribution in [3.05, 3.63) is 81.2 Å². The molecule has 34 heavy (non-hydrogen) atoms. The maximum absolute atomic E-state index is 13.5. The summed E-state index contributed by atoms with van der Waals surface area (Å²) in [6.07, 6.45) is 3.33. The zero-order valence-corrected chi connectivity index (χ0v) is 19.9. The highest BCUT2D eigenvalue weighted by Gasteiger charge is 2.18. The predicted molar refractivity (Wildman–Crippen MR) is 135 cm³/mol. The van der Waals surface area contributed by atoms with Crippen LogP contribution in [0, 0.1) is 0 Å². The van der Waals surface area contributed by atoms with Crippen LogP contribution in [0.15, 0.2) is 65.6 Å². The molecule has 0 unspecified atom stereocenters. The van der Waals surface area contributed by atoms with Crippen LogP contribution >= 0.6 is 23.2 Å². The number of para-hydroxylation sites is 1. The lowest BCUT2D eigenvalue weighted by molar-refractivity contribution is -0.117. The molecule has 0 fully saturated rings. The molecule has 0 spiro atoms. The molecular weight excluding hydrogens is 475 g/mol. The molecule has 2 aromatic carbocycles. The van der Waals surface area contributed by atoms with E-state index in [2.05, 4.69) is 15.3 Å². The molecule has 0 aliphatic heterocycles. The van der Waals surface area contributed by atoms with Crippen LogP contribution in [0.4, 0.5) is 11.6 Å². The van der Waals surface area contributed by atoms with E-state index in [0.717, 1.165) is 10.4 Å². The topological polar surface area (TPSA) is 86.1 Å². The molecule has 0 bridgehead atoms. The van der Waals surface area contributed by atoms with Gasteiger partial charge in [0.2, 0.25) is 5.95 Å². The van der Waals surface area contributed by atoms with Gasteiger partial charge in [0, 0.05) is 29.3 Å². The van der Waals surface area contributed by atoms with Crippen molar-refractivity contribution in [1.29, 1.82) is 0 Å². The van der Waals surface area contributed by atoms with Gasteiger partial charge in [0.1, 0.15) is 12.4 Å². The van der Waals surface area contributed by atoms with Crippen molar-refractivity contribution in [3.8, 4) is 11.1 Å². The first-order chi connectivity index (χ1) is 16.4. The van der Waals surface area contributed by atoms with Crippen molar-refractivity contribution in [1.82, 2.24) is 14.7 Å². The molecule has 9 heteroatoms. The summed E-state index contributed by atoms with van der Waals surface area (Å²) in [6.45, 7) is 1.78. The fourth-order valence-electron chi connectivity index (χ4n) is 3.47. The molecule has 2 aromatic heterocycles. The molecule has 174 valence electrons. The lowest BCUT2D eigenvalue weighted by Crippen LogP contribution is -2.30. The second kappa shape index (κ2) is 10.7. The van der Waals surface area contributed by atoms with Crippen LogP contribution in [0.25, 0.3) is 22.2 Å². The minimum atomic E-state index is -0.446. The predicted octanol–water partition coefficient (Wildman–Crippen LogP) is 5.70. The Morgan fingerprint density at radius 3 is 2.50 bits per heavy atom. The standard InChI is InChI=1S/C25H22Cl2N4O3/c1-16(32)8-5-6-13-34-31-23-17(15-28-25(30-23)29-18-9-3-2-4-10-18)14-19(24(31)33)22-20(26)11-7-12-21(22)27/h2-4,7,9-12,14-15H,5-6,8,13H2,1H3,(H,28,29,30). The van der Waals surface area contributed by atoms with Crippen LogP contribution in [0.3, 0.4) is 0 Å². The van der Waals surface area contributed by atoms with Gasteiger partial charge in [-0.3, -0.25) is 4.79 Å². The molecule has 0 saturated carbocycles. The minimum absolute atomic E-state index is 0.113. The van der Waals surface area contributed by atoms with Crippen LogP contribution in [-0.2, 0) is 4.79 Å². The molecule has 0 amide bonds. The van der Waals surface area contributed by atoms with Crippen molar-refractivity contribution in [3.63, 3.8) is 0 Å². The molecule has 0 radical (unpaired) electrons. The number of pyridine rings is 1. The average molecular weight is 497 g/mol. The van der Waals surface area contributed by atoms with Gasteiger partial charge in [0.15, 0.2) is 5.65 Å². The fourth-order valence-corrected chi connectivity index (χ4v) is 4.07. The molecule has 0 saturated heterocycles. The quantitative estimate of drug-likeness (QED) is 0.299. The number of carbonyl (C=O) groups excluding carboxylic acids is 1. The number of rotatable bonds is 9. The Labute approximate surface area is 206 Å². The first-order valence-corrected chi connectivity index (χ1v) is 11.5. The molecule has 7 nitrogen and oxygen atoms in total. The maximum atomic E-state index is 13.5. The zero-order valence-electron chi connectivity index (χ0n) is 18.4. The maximum Gasteiger partial charge on any atom is 0.293 e. The molecule has 4 rings (SSSR count). The summed E-state index contributed by atoms with van der Waals surface area (Å²) in [5.74, 6) is 0.429. The molecule has 2 heterocycles. The number of Topliss-reactive ketones (excluding diaryl/α,β-unsaturated/α-hetero) is 1. The lowest BCUT2D eigenvalue weighted by Gasteiger charge is -2.15.